The minimum atomic E-state index is -3.36. The van der Waals surface area contributed by atoms with E-state index in [2.05, 4.69) is 4.40 Å². The van der Waals surface area contributed by atoms with Crippen molar-refractivity contribution in [1.82, 2.24) is 4.90 Å². The molecular formula is C7H13ClN2O3S. The summed E-state index contributed by atoms with van der Waals surface area (Å²) in [7, 11) is -3.36. The summed E-state index contributed by atoms with van der Waals surface area (Å²) in [6, 6.07) is 0. The molecule has 1 fully saturated rings. The highest BCUT2D eigenvalue weighted by Gasteiger charge is 2.15. The van der Waals surface area contributed by atoms with Crippen LogP contribution in [0.2, 0.25) is 0 Å². The van der Waals surface area contributed by atoms with Gasteiger partial charge in [-0.1, -0.05) is 0 Å². The Morgan fingerprint density at radius 1 is 1.50 bits per heavy atom. The van der Waals surface area contributed by atoms with Crippen LogP contribution in [0.25, 0.3) is 0 Å². The molecule has 0 amide bonds. The standard InChI is InChI=1S/C7H13ClN2O3S/c1-14(11,12)9-7(6-8)10-2-4-13-5-3-10/h2-6H2,1H3. The Bertz CT molecular complexity index is 309. The lowest BCUT2D eigenvalue weighted by Crippen LogP contribution is -2.41. The molecule has 7 heteroatoms. The quantitative estimate of drug-likeness (QED) is 0.385. The van der Waals surface area contributed by atoms with Gasteiger partial charge in [0.15, 0.2) is 0 Å². The van der Waals surface area contributed by atoms with Crippen LogP contribution in [0, 0.1) is 0 Å². The number of alkyl halides is 1. The summed E-state index contributed by atoms with van der Waals surface area (Å²) < 4.78 is 30.6. The summed E-state index contributed by atoms with van der Waals surface area (Å²) in [5.41, 5.74) is 0. The van der Waals surface area contributed by atoms with Crippen molar-refractivity contribution < 1.29 is 13.2 Å². The number of rotatable bonds is 2. The Hall–Kier alpha value is -0.330. The molecule has 5 nitrogen and oxygen atoms in total. The van der Waals surface area contributed by atoms with Crippen LogP contribution in [-0.2, 0) is 14.8 Å². The zero-order chi connectivity index (χ0) is 10.6. The minimum Gasteiger partial charge on any atom is -0.378 e. The average molecular weight is 241 g/mol. The van der Waals surface area contributed by atoms with Crippen molar-refractivity contribution in [3.8, 4) is 0 Å². The minimum absolute atomic E-state index is 0.104. The maximum Gasteiger partial charge on any atom is 0.251 e. The third-order valence-electron chi connectivity index (χ3n) is 1.77. The van der Waals surface area contributed by atoms with E-state index >= 15 is 0 Å². The molecule has 0 atom stereocenters. The molecule has 0 aromatic rings. The number of ether oxygens (including phenoxy) is 1. The number of halogens is 1. The van der Waals surface area contributed by atoms with Gasteiger partial charge < -0.3 is 9.64 Å². The molecule has 0 aliphatic carbocycles. The third-order valence-corrected chi connectivity index (χ3v) is 2.55. The first-order valence-corrected chi connectivity index (χ1v) is 6.58. The van der Waals surface area contributed by atoms with E-state index in [9.17, 15) is 8.42 Å². The predicted molar refractivity (Wildman–Crippen MR) is 55.4 cm³/mol. The second kappa shape index (κ2) is 4.95. The lowest BCUT2D eigenvalue weighted by atomic mass is 10.4. The molecule has 14 heavy (non-hydrogen) atoms. The van der Waals surface area contributed by atoms with Crippen LogP contribution in [-0.4, -0.2) is 57.6 Å². The van der Waals surface area contributed by atoms with Crippen LogP contribution in [0.5, 0.6) is 0 Å². The van der Waals surface area contributed by atoms with Gasteiger partial charge in [-0.2, -0.15) is 0 Å². The Labute approximate surface area is 88.8 Å². The zero-order valence-corrected chi connectivity index (χ0v) is 9.51. The van der Waals surface area contributed by atoms with Gasteiger partial charge in [-0.3, -0.25) is 0 Å². The van der Waals surface area contributed by atoms with Gasteiger partial charge in [0, 0.05) is 13.1 Å². The molecule has 0 spiro atoms. The number of hydrogen-bond donors (Lipinski definition) is 0. The van der Waals surface area contributed by atoms with E-state index in [4.69, 9.17) is 16.3 Å². The number of morpholine rings is 1. The first-order chi connectivity index (χ1) is 6.53. The van der Waals surface area contributed by atoms with E-state index in [0.29, 0.717) is 32.1 Å². The summed E-state index contributed by atoms with van der Waals surface area (Å²) in [6.45, 7) is 2.45. The van der Waals surface area contributed by atoms with E-state index in [1.807, 2.05) is 4.90 Å². The second-order valence-corrected chi connectivity index (χ2v) is 4.89. The molecule has 0 saturated carbocycles. The number of hydrogen-bond acceptors (Lipinski definition) is 3. The highest BCUT2D eigenvalue weighted by atomic mass is 35.5. The molecule has 0 aromatic carbocycles. The normalized spacial score (nSPS) is 19.9. The van der Waals surface area contributed by atoms with Crippen molar-refractivity contribution >= 4 is 27.5 Å². The van der Waals surface area contributed by atoms with Crippen LogP contribution in [0.3, 0.4) is 0 Å². The van der Waals surface area contributed by atoms with Gasteiger partial charge in [0.2, 0.25) is 0 Å². The van der Waals surface area contributed by atoms with E-state index < -0.39 is 10.0 Å². The van der Waals surface area contributed by atoms with Crippen LogP contribution in [0.4, 0.5) is 0 Å². The van der Waals surface area contributed by atoms with Crippen molar-refractivity contribution in [2.75, 3.05) is 38.4 Å². The van der Waals surface area contributed by atoms with Gasteiger partial charge in [0.25, 0.3) is 10.0 Å². The monoisotopic (exact) mass is 240 g/mol. The summed E-state index contributed by atoms with van der Waals surface area (Å²) in [6.07, 6.45) is 1.06. The van der Waals surface area contributed by atoms with Gasteiger partial charge in [-0.25, -0.2) is 8.42 Å². The van der Waals surface area contributed by atoms with Crippen molar-refractivity contribution in [2.45, 2.75) is 0 Å². The zero-order valence-electron chi connectivity index (χ0n) is 7.94. The molecule has 0 N–H and O–H groups in total. The molecule has 0 radical (unpaired) electrons. The maximum atomic E-state index is 10.9. The lowest BCUT2D eigenvalue weighted by molar-refractivity contribution is 0.0680. The summed E-state index contributed by atoms with van der Waals surface area (Å²) in [4.78, 5) is 1.83. The highest BCUT2D eigenvalue weighted by molar-refractivity contribution is 7.89. The van der Waals surface area contributed by atoms with Crippen molar-refractivity contribution in [2.24, 2.45) is 4.40 Å². The molecule has 82 valence electrons. The average Bonchev–Trinajstić information content (AvgIpc) is 2.14. The van der Waals surface area contributed by atoms with Crippen molar-refractivity contribution in [3.63, 3.8) is 0 Å². The third kappa shape index (κ3) is 3.81. The van der Waals surface area contributed by atoms with Crippen molar-refractivity contribution in [1.29, 1.82) is 0 Å². The summed E-state index contributed by atoms with van der Waals surface area (Å²) >= 11 is 5.63. The number of sulfonamides is 1. The van der Waals surface area contributed by atoms with Gasteiger partial charge in [-0.15, -0.1) is 16.0 Å². The Morgan fingerprint density at radius 2 is 2.07 bits per heavy atom. The molecule has 1 rings (SSSR count). The first-order valence-electron chi connectivity index (χ1n) is 4.20. The fraction of sp³-hybridized carbons (Fsp3) is 0.857. The van der Waals surface area contributed by atoms with Crippen LogP contribution >= 0.6 is 11.6 Å². The van der Waals surface area contributed by atoms with E-state index in [1.54, 1.807) is 0 Å². The Balaban J connectivity index is 2.74. The van der Waals surface area contributed by atoms with E-state index in [-0.39, 0.29) is 5.88 Å². The summed E-state index contributed by atoms with van der Waals surface area (Å²) in [5, 5.41) is 0. The smallest absolute Gasteiger partial charge is 0.251 e. The fourth-order valence-electron chi connectivity index (χ4n) is 1.18. The van der Waals surface area contributed by atoms with E-state index in [1.165, 1.54) is 0 Å². The Morgan fingerprint density at radius 3 is 2.50 bits per heavy atom. The van der Waals surface area contributed by atoms with Gasteiger partial charge in [-0.05, 0) is 0 Å². The van der Waals surface area contributed by atoms with Crippen LogP contribution in [0.15, 0.2) is 4.40 Å². The second-order valence-electron chi connectivity index (χ2n) is 2.97. The van der Waals surface area contributed by atoms with E-state index in [0.717, 1.165) is 6.26 Å². The maximum absolute atomic E-state index is 10.9. The molecule has 1 heterocycles. The highest BCUT2D eigenvalue weighted by Crippen LogP contribution is 2.02. The molecule has 1 aliphatic rings. The molecular weight excluding hydrogens is 228 g/mol. The summed E-state index contributed by atoms with van der Waals surface area (Å²) in [5.74, 6) is 0.505. The molecule has 1 saturated heterocycles. The van der Waals surface area contributed by atoms with Gasteiger partial charge >= 0.3 is 0 Å². The van der Waals surface area contributed by atoms with Crippen molar-refractivity contribution in [3.05, 3.63) is 0 Å². The van der Waals surface area contributed by atoms with Crippen LogP contribution < -0.4 is 0 Å². The SMILES string of the molecule is CS(=O)(=O)N=C(CCl)N1CCOCC1. The molecule has 0 bridgehead atoms. The van der Waals surface area contributed by atoms with Crippen LogP contribution in [0.1, 0.15) is 0 Å². The predicted octanol–water partition coefficient (Wildman–Crippen LogP) is -0.0845. The number of nitrogens with zero attached hydrogens (tertiary/aromatic N) is 2. The Kier molecular flexibility index (Phi) is 4.15. The molecule has 1 aliphatic heterocycles. The molecule has 0 unspecified atom stereocenters. The molecule has 0 aromatic heterocycles. The fourth-order valence-corrected chi connectivity index (χ4v) is 2.04. The van der Waals surface area contributed by atoms with Gasteiger partial charge in [0.05, 0.1) is 25.3 Å². The van der Waals surface area contributed by atoms with Gasteiger partial charge in [0.1, 0.15) is 5.84 Å². The largest absolute Gasteiger partial charge is 0.378 e. The topological polar surface area (TPSA) is 59.0 Å². The number of amidine groups is 1. The first kappa shape index (κ1) is 11.7. The lowest BCUT2D eigenvalue weighted by Gasteiger charge is -2.28.